The summed E-state index contributed by atoms with van der Waals surface area (Å²) in [6, 6.07) is 18.0. The monoisotopic (exact) mass is 459 g/mol. The fraction of sp³-hybridized carbons (Fsp3) is 0.154. The van der Waals surface area contributed by atoms with Gasteiger partial charge in [-0.05, 0) is 49.4 Å². The molecule has 1 aliphatic heterocycles. The third kappa shape index (κ3) is 3.28. The first-order chi connectivity index (χ1) is 17.2. The number of imidazole rings is 1. The Hall–Kier alpha value is -4.50. The van der Waals surface area contributed by atoms with Crippen LogP contribution in [0.2, 0.25) is 0 Å². The summed E-state index contributed by atoms with van der Waals surface area (Å²) in [7, 11) is 0. The van der Waals surface area contributed by atoms with Crippen LogP contribution in [0.4, 0.5) is 0 Å². The number of nitrogens with one attached hydrogen (secondary N) is 1. The molecule has 0 bridgehead atoms. The van der Waals surface area contributed by atoms with Gasteiger partial charge in [-0.2, -0.15) is 0 Å². The highest BCUT2D eigenvalue weighted by atomic mass is 15.4. The maximum atomic E-state index is 5.04. The Bertz CT molecular complexity index is 1730. The summed E-state index contributed by atoms with van der Waals surface area (Å²) in [6.45, 7) is 4.44. The van der Waals surface area contributed by atoms with Crippen molar-refractivity contribution in [2.24, 2.45) is 0 Å². The van der Waals surface area contributed by atoms with Crippen molar-refractivity contribution in [2.45, 2.75) is 20.0 Å². The molecule has 1 N–H and O–H groups in total. The third-order valence-electron chi connectivity index (χ3n) is 6.34. The topological polar surface area (TPSA) is 98.7 Å². The summed E-state index contributed by atoms with van der Waals surface area (Å²) in [5.41, 5.74) is 9.55. The Balaban J connectivity index is 1.41. The van der Waals surface area contributed by atoms with Crippen LogP contribution >= 0.6 is 0 Å². The Morgan fingerprint density at radius 2 is 1.86 bits per heavy atom. The van der Waals surface area contributed by atoms with E-state index in [-0.39, 0.29) is 0 Å². The fourth-order valence-corrected chi connectivity index (χ4v) is 4.67. The lowest BCUT2D eigenvalue weighted by Crippen LogP contribution is -2.28. The van der Waals surface area contributed by atoms with E-state index in [1.807, 2.05) is 78.6 Å². The lowest BCUT2D eigenvalue weighted by molar-refractivity contribution is 0.468. The van der Waals surface area contributed by atoms with E-state index in [1.165, 1.54) is 0 Å². The molecule has 0 saturated carbocycles. The smallest absolute Gasteiger partial charge is 0.138 e. The van der Waals surface area contributed by atoms with Gasteiger partial charge in [0.2, 0.25) is 0 Å². The molecule has 0 unspecified atom stereocenters. The number of rotatable bonds is 3. The van der Waals surface area contributed by atoms with Crippen LogP contribution in [0.1, 0.15) is 11.4 Å². The number of fused-ring (bicyclic) bond motifs is 3. The first kappa shape index (κ1) is 19.9. The normalized spacial score (nSPS) is 13.4. The van der Waals surface area contributed by atoms with Crippen LogP contribution in [0.15, 0.2) is 67.0 Å². The van der Waals surface area contributed by atoms with E-state index in [0.29, 0.717) is 0 Å². The maximum Gasteiger partial charge on any atom is 0.138 e. The quantitative estimate of drug-likeness (QED) is 0.431. The zero-order valence-corrected chi connectivity index (χ0v) is 19.0. The van der Waals surface area contributed by atoms with Gasteiger partial charge in [0.15, 0.2) is 0 Å². The molecule has 0 atom stereocenters. The van der Waals surface area contributed by atoms with Gasteiger partial charge in [-0.25, -0.2) is 14.6 Å². The van der Waals surface area contributed by atoms with Gasteiger partial charge in [-0.3, -0.25) is 14.4 Å². The van der Waals surface area contributed by atoms with Crippen LogP contribution in [-0.4, -0.2) is 45.9 Å². The van der Waals surface area contributed by atoms with E-state index in [1.54, 1.807) is 0 Å². The molecule has 0 radical (unpaired) electrons. The molecule has 170 valence electrons. The first-order valence-electron chi connectivity index (χ1n) is 11.6. The van der Waals surface area contributed by atoms with Gasteiger partial charge in [0, 0.05) is 36.7 Å². The molecule has 0 spiro atoms. The zero-order valence-electron chi connectivity index (χ0n) is 19.0. The first-order valence-corrected chi connectivity index (χ1v) is 11.6. The van der Waals surface area contributed by atoms with Gasteiger partial charge < -0.3 is 5.32 Å². The molecular weight excluding hydrogens is 438 g/mol. The fourth-order valence-electron chi connectivity index (χ4n) is 4.67. The van der Waals surface area contributed by atoms with Gasteiger partial charge in [-0.15, -0.1) is 5.10 Å². The minimum Gasteiger partial charge on any atom is -0.309 e. The van der Waals surface area contributed by atoms with Crippen molar-refractivity contribution in [3.63, 3.8) is 0 Å². The molecule has 0 aliphatic carbocycles. The SMILES string of the molecule is Cc1cccc(-c2nc3ccccn3c2-c2ccc3ncc(-c4nnn5c4CNCC5)cc3n2)n1. The number of hydrogen-bond acceptors (Lipinski definition) is 7. The molecule has 6 aromatic heterocycles. The molecule has 1 aliphatic rings. The molecule has 6 aromatic rings. The van der Waals surface area contributed by atoms with E-state index >= 15 is 0 Å². The van der Waals surface area contributed by atoms with Crippen LogP contribution in [-0.2, 0) is 13.1 Å². The van der Waals surface area contributed by atoms with Gasteiger partial charge in [-0.1, -0.05) is 17.3 Å². The van der Waals surface area contributed by atoms with Crippen LogP contribution in [0.25, 0.3) is 50.7 Å². The summed E-state index contributed by atoms with van der Waals surface area (Å²) in [4.78, 5) is 19.3. The lowest BCUT2D eigenvalue weighted by atomic mass is 10.1. The van der Waals surface area contributed by atoms with E-state index in [9.17, 15) is 0 Å². The van der Waals surface area contributed by atoms with Gasteiger partial charge in [0.1, 0.15) is 22.7 Å². The molecule has 35 heavy (non-hydrogen) atoms. The maximum absolute atomic E-state index is 5.04. The van der Waals surface area contributed by atoms with Crippen molar-refractivity contribution in [2.75, 3.05) is 6.54 Å². The summed E-state index contributed by atoms with van der Waals surface area (Å²) in [5.74, 6) is 0. The minimum absolute atomic E-state index is 0.739. The Labute approximate surface area is 200 Å². The molecule has 0 aromatic carbocycles. The van der Waals surface area contributed by atoms with Crippen LogP contribution in [0.5, 0.6) is 0 Å². The second-order valence-electron chi connectivity index (χ2n) is 8.65. The molecule has 0 amide bonds. The molecular formula is C26H21N9. The number of hydrogen-bond donors (Lipinski definition) is 1. The van der Waals surface area contributed by atoms with Crippen molar-refractivity contribution >= 4 is 16.7 Å². The van der Waals surface area contributed by atoms with Crippen LogP contribution in [0.3, 0.4) is 0 Å². The molecule has 0 fully saturated rings. The summed E-state index contributed by atoms with van der Waals surface area (Å²) < 4.78 is 4.02. The highest BCUT2D eigenvalue weighted by Gasteiger charge is 2.20. The lowest BCUT2D eigenvalue weighted by Gasteiger charge is -2.14. The largest absolute Gasteiger partial charge is 0.309 e. The molecule has 9 heteroatoms. The van der Waals surface area contributed by atoms with Crippen molar-refractivity contribution in [3.8, 4) is 34.0 Å². The zero-order chi connectivity index (χ0) is 23.4. The van der Waals surface area contributed by atoms with Crippen molar-refractivity contribution < 1.29 is 0 Å². The predicted octanol–water partition coefficient (Wildman–Crippen LogP) is 3.68. The average Bonchev–Trinajstić information content (AvgIpc) is 3.50. The van der Waals surface area contributed by atoms with Crippen LogP contribution < -0.4 is 5.32 Å². The second kappa shape index (κ2) is 7.78. The Kier molecular flexibility index (Phi) is 4.43. The molecule has 9 nitrogen and oxygen atoms in total. The van der Waals surface area contributed by atoms with E-state index in [4.69, 9.17) is 15.0 Å². The molecule has 7 rings (SSSR count). The summed E-state index contributed by atoms with van der Waals surface area (Å²) in [5, 5.41) is 12.1. The number of aryl methyl sites for hydroxylation is 1. The number of aromatic nitrogens is 8. The van der Waals surface area contributed by atoms with Gasteiger partial charge >= 0.3 is 0 Å². The Morgan fingerprint density at radius 3 is 2.80 bits per heavy atom. The summed E-state index contributed by atoms with van der Waals surface area (Å²) >= 11 is 0. The van der Waals surface area contributed by atoms with Crippen molar-refractivity contribution in [1.82, 2.24) is 44.6 Å². The van der Waals surface area contributed by atoms with Crippen LogP contribution in [0, 0.1) is 6.92 Å². The van der Waals surface area contributed by atoms with E-state index < -0.39 is 0 Å². The standard InChI is InChI=1S/C26H21N9/c1-16-5-4-6-19(29-16)25-26(34-11-3-2-7-23(34)31-25)20-9-8-18-21(30-20)13-17(14-28-18)24-22-15-27-10-12-35(22)33-32-24/h2-9,11,13-14,27H,10,12,15H2,1H3. The van der Waals surface area contributed by atoms with Gasteiger partial charge in [0.05, 0.1) is 34.7 Å². The minimum atomic E-state index is 0.739. The van der Waals surface area contributed by atoms with E-state index in [2.05, 4.69) is 25.0 Å². The molecule has 0 saturated heterocycles. The number of pyridine rings is 4. The predicted molar refractivity (Wildman–Crippen MR) is 132 cm³/mol. The Morgan fingerprint density at radius 1 is 0.886 bits per heavy atom. The highest BCUT2D eigenvalue weighted by Crippen LogP contribution is 2.32. The average molecular weight is 460 g/mol. The third-order valence-corrected chi connectivity index (χ3v) is 6.34. The van der Waals surface area contributed by atoms with Crippen molar-refractivity contribution in [1.29, 1.82) is 0 Å². The number of nitrogens with zero attached hydrogens (tertiary/aromatic N) is 8. The molecule has 7 heterocycles. The van der Waals surface area contributed by atoms with Crippen molar-refractivity contribution in [3.05, 3.63) is 78.4 Å². The highest BCUT2D eigenvalue weighted by molar-refractivity contribution is 5.85. The van der Waals surface area contributed by atoms with Gasteiger partial charge in [0.25, 0.3) is 0 Å². The van der Waals surface area contributed by atoms with E-state index in [0.717, 1.165) is 81.7 Å². The second-order valence-corrected chi connectivity index (χ2v) is 8.65. The summed E-state index contributed by atoms with van der Waals surface area (Å²) in [6.07, 6.45) is 3.85.